The lowest BCUT2D eigenvalue weighted by atomic mass is 10.1. The first-order chi connectivity index (χ1) is 8.83. The summed E-state index contributed by atoms with van der Waals surface area (Å²) in [6, 6.07) is 8.63. The van der Waals surface area contributed by atoms with Crippen LogP contribution in [0, 0.1) is 5.92 Å². The summed E-state index contributed by atoms with van der Waals surface area (Å²) in [6.45, 7) is 6.91. The number of rotatable bonds is 6. The van der Waals surface area contributed by atoms with E-state index >= 15 is 0 Å². The molecule has 0 spiro atoms. The second-order valence-electron chi connectivity index (χ2n) is 5.05. The number of anilines is 1. The van der Waals surface area contributed by atoms with E-state index in [0.717, 1.165) is 26.3 Å². The summed E-state index contributed by atoms with van der Waals surface area (Å²) in [5, 5.41) is 0. The largest absolute Gasteiger partial charge is 0.381 e. The monoisotopic (exact) mass is 248 g/mol. The van der Waals surface area contributed by atoms with E-state index in [1.165, 1.54) is 24.1 Å². The van der Waals surface area contributed by atoms with Crippen LogP contribution in [0.1, 0.15) is 25.3 Å². The van der Waals surface area contributed by atoms with Gasteiger partial charge in [-0.25, -0.2) is 0 Å². The van der Waals surface area contributed by atoms with E-state index < -0.39 is 0 Å². The summed E-state index contributed by atoms with van der Waals surface area (Å²) >= 11 is 0. The van der Waals surface area contributed by atoms with Crippen molar-refractivity contribution in [2.75, 3.05) is 31.2 Å². The number of nitrogens with zero attached hydrogens (tertiary/aromatic N) is 1. The van der Waals surface area contributed by atoms with Crippen LogP contribution in [-0.2, 0) is 11.3 Å². The maximum atomic E-state index is 5.64. The van der Waals surface area contributed by atoms with Gasteiger partial charge in [0.05, 0.1) is 6.61 Å². The van der Waals surface area contributed by atoms with Crippen LogP contribution >= 0.6 is 0 Å². The van der Waals surface area contributed by atoms with E-state index in [9.17, 15) is 0 Å². The van der Waals surface area contributed by atoms with E-state index in [1.54, 1.807) is 0 Å². The lowest BCUT2D eigenvalue weighted by Crippen LogP contribution is -2.30. The second kappa shape index (κ2) is 6.76. The summed E-state index contributed by atoms with van der Waals surface area (Å²) in [5.41, 5.74) is 8.14. The van der Waals surface area contributed by atoms with Crippen molar-refractivity contribution in [3.63, 3.8) is 0 Å². The molecule has 0 radical (unpaired) electrons. The first kappa shape index (κ1) is 13.4. The number of nitrogens with two attached hydrogens (primary N) is 1. The normalized spacial score (nSPS) is 19.1. The Balaban J connectivity index is 2.02. The molecule has 1 aliphatic rings. The van der Waals surface area contributed by atoms with Crippen LogP contribution in [0.4, 0.5) is 5.69 Å². The molecule has 18 heavy (non-hydrogen) atoms. The highest BCUT2D eigenvalue weighted by atomic mass is 16.5. The predicted molar refractivity (Wildman–Crippen MR) is 75.8 cm³/mol. The number of ether oxygens (including phenoxy) is 1. The van der Waals surface area contributed by atoms with Crippen LogP contribution in [0.3, 0.4) is 0 Å². The Labute approximate surface area is 110 Å². The van der Waals surface area contributed by atoms with Crippen molar-refractivity contribution in [2.45, 2.75) is 26.3 Å². The first-order valence-electron chi connectivity index (χ1n) is 6.95. The molecule has 1 saturated heterocycles. The van der Waals surface area contributed by atoms with Crippen molar-refractivity contribution in [3.05, 3.63) is 29.8 Å². The van der Waals surface area contributed by atoms with Crippen molar-refractivity contribution in [1.82, 2.24) is 0 Å². The number of hydrogen-bond acceptors (Lipinski definition) is 3. The molecule has 1 heterocycles. The third kappa shape index (κ3) is 3.47. The van der Waals surface area contributed by atoms with Gasteiger partial charge in [0.2, 0.25) is 0 Å². The fraction of sp³-hybridized carbons (Fsp3) is 0.600. The zero-order valence-electron chi connectivity index (χ0n) is 11.3. The van der Waals surface area contributed by atoms with Gasteiger partial charge in [-0.3, -0.25) is 0 Å². The Hall–Kier alpha value is -1.06. The van der Waals surface area contributed by atoms with Crippen LogP contribution in [-0.4, -0.2) is 26.3 Å². The van der Waals surface area contributed by atoms with Gasteiger partial charge in [0.15, 0.2) is 0 Å². The molecule has 0 bridgehead atoms. The van der Waals surface area contributed by atoms with E-state index in [2.05, 4.69) is 36.1 Å². The Kier molecular flexibility index (Phi) is 5.02. The minimum Gasteiger partial charge on any atom is -0.381 e. The van der Waals surface area contributed by atoms with Gasteiger partial charge < -0.3 is 15.4 Å². The molecule has 1 unspecified atom stereocenters. The van der Waals surface area contributed by atoms with Gasteiger partial charge >= 0.3 is 0 Å². The summed E-state index contributed by atoms with van der Waals surface area (Å²) in [7, 11) is 0. The SMILES string of the molecule is CCCN(CC1CCOC1)c1ccc(CN)cc1. The topological polar surface area (TPSA) is 38.5 Å². The zero-order chi connectivity index (χ0) is 12.8. The molecule has 0 aromatic heterocycles. The van der Waals surface area contributed by atoms with Gasteiger partial charge in [-0.05, 0) is 30.5 Å². The smallest absolute Gasteiger partial charge is 0.0512 e. The molecule has 0 amide bonds. The molecule has 100 valence electrons. The quantitative estimate of drug-likeness (QED) is 0.840. The summed E-state index contributed by atoms with van der Waals surface area (Å²) in [4.78, 5) is 2.47. The fourth-order valence-corrected chi connectivity index (χ4v) is 2.48. The Morgan fingerprint density at radius 3 is 2.67 bits per heavy atom. The number of hydrogen-bond donors (Lipinski definition) is 1. The van der Waals surface area contributed by atoms with Gasteiger partial charge in [-0.2, -0.15) is 0 Å². The molecule has 1 atom stereocenters. The Morgan fingerprint density at radius 1 is 1.33 bits per heavy atom. The number of benzene rings is 1. The van der Waals surface area contributed by atoms with Crippen molar-refractivity contribution >= 4 is 5.69 Å². The van der Waals surface area contributed by atoms with Gasteiger partial charge in [-0.1, -0.05) is 19.1 Å². The summed E-state index contributed by atoms with van der Waals surface area (Å²) in [5.74, 6) is 0.686. The lowest BCUT2D eigenvalue weighted by Gasteiger charge is -2.27. The van der Waals surface area contributed by atoms with Crippen LogP contribution in [0.5, 0.6) is 0 Å². The Morgan fingerprint density at radius 2 is 2.11 bits per heavy atom. The first-order valence-corrected chi connectivity index (χ1v) is 6.95. The molecule has 2 rings (SSSR count). The van der Waals surface area contributed by atoms with Crippen LogP contribution in [0.25, 0.3) is 0 Å². The Bertz CT molecular complexity index is 344. The van der Waals surface area contributed by atoms with Gasteiger partial charge in [0.25, 0.3) is 0 Å². The average molecular weight is 248 g/mol. The highest BCUT2D eigenvalue weighted by Gasteiger charge is 2.19. The molecular weight excluding hydrogens is 224 g/mol. The van der Waals surface area contributed by atoms with Crippen molar-refractivity contribution < 1.29 is 4.74 Å². The third-order valence-electron chi connectivity index (χ3n) is 3.53. The highest BCUT2D eigenvalue weighted by Crippen LogP contribution is 2.20. The van der Waals surface area contributed by atoms with E-state index in [-0.39, 0.29) is 0 Å². The third-order valence-corrected chi connectivity index (χ3v) is 3.53. The average Bonchev–Trinajstić information content (AvgIpc) is 2.91. The van der Waals surface area contributed by atoms with E-state index in [4.69, 9.17) is 10.5 Å². The summed E-state index contributed by atoms with van der Waals surface area (Å²) < 4.78 is 5.47. The highest BCUT2D eigenvalue weighted by molar-refractivity contribution is 5.47. The van der Waals surface area contributed by atoms with Crippen molar-refractivity contribution in [2.24, 2.45) is 11.7 Å². The molecule has 2 N–H and O–H groups in total. The predicted octanol–water partition coefficient (Wildman–Crippen LogP) is 2.40. The molecule has 3 heteroatoms. The molecule has 0 aliphatic carbocycles. The minimum absolute atomic E-state index is 0.616. The second-order valence-corrected chi connectivity index (χ2v) is 5.05. The van der Waals surface area contributed by atoms with Crippen molar-refractivity contribution in [3.8, 4) is 0 Å². The molecule has 1 aromatic carbocycles. The maximum Gasteiger partial charge on any atom is 0.0512 e. The molecular formula is C15H24N2O. The molecule has 1 aromatic rings. The standard InChI is InChI=1S/C15H24N2O/c1-2-8-17(11-14-7-9-18-12-14)15-5-3-13(10-16)4-6-15/h3-6,14H,2,7-12,16H2,1H3. The lowest BCUT2D eigenvalue weighted by molar-refractivity contribution is 0.186. The fourth-order valence-electron chi connectivity index (χ4n) is 2.48. The van der Waals surface area contributed by atoms with Gasteiger partial charge in [0.1, 0.15) is 0 Å². The minimum atomic E-state index is 0.616. The molecule has 1 fully saturated rings. The zero-order valence-corrected chi connectivity index (χ0v) is 11.3. The van der Waals surface area contributed by atoms with Crippen LogP contribution < -0.4 is 10.6 Å². The molecule has 1 aliphatic heterocycles. The van der Waals surface area contributed by atoms with Gasteiger partial charge in [-0.15, -0.1) is 0 Å². The van der Waals surface area contributed by atoms with E-state index in [1.807, 2.05) is 0 Å². The maximum absolute atomic E-state index is 5.64. The summed E-state index contributed by atoms with van der Waals surface area (Å²) in [6.07, 6.45) is 2.37. The van der Waals surface area contributed by atoms with Gasteiger partial charge in [0, 0.05) is 37.8 Å². The molecule has 3 nitrogen and oxygen atoms in total. The van der Waals surface area contributed by atoms with E-state index in [0.29, 0.717) is 12.5 Å². The van der Waals surface area contributed by atoms with Crippen LogP contribution in [0.15, 0.2) is 24.3 Å². The molecule has 0 saturated carbocycles. The van der Waals surface area contributed by atoms with Crippen molar-refractivity contribution in [1.29, 1.82) is 0 Å². The van der Waals surface area contributed by atoms with Crippen LogP contribution in [0.2, 0.25) is 0 Å².